The van der Waals surface area contributed by atoms with Crippen LogP contribution in [-0.2, 0) is 16.6 Å². The van der Waals surface area contributed by atoms with Crippen LogP contribution in [0.4, 0.5) is 5.82 Å². The summed E-state index contributed by atoms with van der Waals surface area (Å²) >= 11 is 0. The van der Waals surface area contributed by atoms with E-state index in [0.29, 0.717) is 12.6 Å². The van der Waals surface area contributed by atoms with Gasteiger partial charge in [0.15, 0.2) is 5.65 Å². The lowest BCUT2D eigenvalue weighted by molar-refractivity contribution is -0.133. The minimum atomic E-state index is 0.250. The number of aromatic nitrogens is 4. The number of anilines is 1. The lowest BCUT2D eigenvalue weighted by Gasteiger charge is -2.39. The number of carbonyl (C=O) groups is 1. The minimum absolute atomic E-state index is 0.250. The molecule has 2 aromatic heterocycles. The average Bonchev–Trinajstić information content (AvgIpc) is 3.39. The molecule has 0 aromatic carbocycles. The third-order valence-corrected chi connectivity index (χ3v) is 7.24. The zero-order valence-electron chi connectivity index (χ0n) is 20.1. The fourth-order valence-corrected chi connectivity index (χ4v) is 5.68. The Morgan fingerprint density at radius 2 is 1.85 bits per heavy atom. The number of ether oxygens (including phenoxy) is 1. The van der Waals surface area contributed by atoms with Crippen molar-refractivity contribution < 1.29 is 9.53 Å². The third kappa shape index (κ3) is 4.83. The number of nitrogens with zero attached hydrogens (tertiary/aromatic N) is 8. The molecular formula is C23H36N8O2. The highest BCUT2D eigenvalue weighted by molar-refractivity contribution is 5.87. The van der Waals surface area contributed by atoms with Crippen LogP contribution >= 0.6 is 0 Å². The molecule has 33 heavy (non-hydrogen) atoms. The van der Waals surface area contributed by atoms with Gasteiger partial charge in [-0.2, -0.15) is 5.10 Å². The lowest BCUT2D eigenvalue weighted by Crippen LogP contribution is -2.53. The van der Waals surface area contributed by atoms with E-state index in [2.05, 4.69) is 43.6 Å². The molecule has 5 rings (SSSR count). The van der Waals surface area contributed by atoms with Gasteiger partial charge in [-0.25, -0.2) is 9.97 Å². The SMILES string of the molecule is CC1CN(CC2CCCN2CC(=O)N2CCN(c3ncnc4c3cnn4C)CC2)CC(C)O1. The van der Waals surface area contributed by atoms with Gasteiger partial charge in [-0.15, -0.1) is 0 Å². The molecule has 2 aromatic rings. The zero-order valence-corrected chi connectivity index (χ0v) is 20.1. The molecule has 3 fully saturated rings. The first-order valence-corrected chi connectivity index (χ1v) is 12.2. The Morgan fingerprint density at radius 1 is 1.09 bits per heavy atom. The summed E-state index contributed by atoms with van der Waals surface area (Å²) in [6.45, 7) is 11.9. The molecule has 3 aliphatic rings. The fourth-order valence-electron chi connectivity index (χ4n) is 5.68. The van der Waals surface area contributed by atoms with Crippen molar-refractivity contribution in [1.82, 2.24) is 34.4 Å². The standard InChI is InChI=1S/C23H36N8O2/c1-17-12-28(13-18(2)33-17)14-19-5-4-6-31(19)15-21(32)29-7-9-30(10-8-29)23-20-11-26-27(3)22(20)24-16-25-23/h11,16-19H,4-10,12-15H2,1-3H3. The van der Waals surface area contributed by atoms with E-state index in [9.17, 15) is 4.79 Å². The number of carbonyl (C=O) groups excluding carboxylic acids is 1. The fraction of sp³-hybridized carbons (Fsp3) is 0.739. The number of morpholine rings is 1. The minimum Gasteiger partial charge on any atom is -0.373 e. The van der Waals surface area contributed by atoms with Gasteiger partial charge >= 0.3 is 0 Å². The molecule has 3 saturated heterocycles. The second-order valence-electron chi connectivity index (χ2n) is 9.81. The van der Waals surface area contributed by atoms with Gasteiger partial charge in [0.05, 0.1) is 30.3 Å². The summed E-state index contributed by atoms with van der Waals surface area (Å²) in [5.41, 5.74) is 0.836. The van der Waals surface area contributed by atoms with Crippen LogP contribution in [0.5, 0.6) is 0 Å². The third-order valence-electron chi connectivity index (χ3n) is 7.24. The Labute approximate surface area is 195 Å². The van der Waals surface area contributed by atoms with Crippen LogP contribution in [0, 0.1) is 0 Å². The molecule has 0 spiro atoms. The molecule has 0 aliphatic carbocycles. The lowest BCUT2D eigenvalue weighted by atomic mass is 10.1. The predicted octanol–water partition coefficient (Wildman–Crippen LogP) is 0.586. The average molecular weight is 457 g/mol. The molecule has 3 aliphatic heterocycles. The maximum absolute atomic E-state index is 13.1. The van der Waals surface area contributed by atoms with Crippen LogP contribution in [0.2, 0.25) is 0 Å². The largest absolute Gasteiger partial charge is 0.373 e. The predicted molar refractivity (Wildman–Crippen MR) is 126 cm³/mol. The van der Waals surface area contributed by atoms with Gasteiger partial charge in [0.25, 0.3) is 0 Å². The van der Waals surface area contributed by atoms with Crippen LogP contribution in [0.3, 0.4) is 0 Å². The molecule has 0 bridgehead atoms. The summed E-state index contributed by atoms with van der Waals surface area (Å²) in [5.74, 6) is 1.16. The van der Waals surface area contributed by atoms with Crippen molar-refractivity contribution in [1.29, 1.82) is 0 Å². The summed E-state index contributed by atoms with van der Waals surface area (Å²) in [7, 11) is 1.89. The highest BCUT2D eigenvalue weighted by Crippen LogP contribution is 2.24. The second kappa shape index (κ2) is 9.52. The van der Waals surface area contributed by atoms with Crippen molar-refractivity contribution in [3.8, 4) is 0 Å². The van der Waals surface area contributed by atoms with Crippen LogP contribution in [0.15, 0.2) is 12.5 Å². The Hall–Kier alpha value is -2.30. The summed E-state index contributed by atoms with van der Waals surface area (Å²) in [5, 5.41) is 5.28. The van der Waals surface area contributed by atoms with Crippen LogP contribution < -0.4 is 4.90 Å². The second-order valence-corrected chi connectivity index (χ2v) is 9.81. The van der Waals surface area contributed by atoms with Crippen LogP contribution in [-0.4, -0.2) is 118 Å². The van der Waals surface area contributed by atoms with Gasteiger partial charge in [0.1, 0.15) is 12.1 Å². The number of aryl methyl sites for hydroxylation is 1. The zero-order chi connectivity index (χ0) is 22.9. The maximum Gasteiger partial charge on any atom is 0.236 e. The monoisotopic (exact) mass is 456 g/mol. The molecule has 0 saturated carbocycles. The first kappa shape index (κ1) is 22.5. The molecule has 10 nitrogen and oxygen atoms in total. The van der Waals surface area contributed by atoms with Crippen molar-refractivity contribution in [2.75, 3.05) is 63.8 Å². The van der Waals surface area contributed by atoms with E-state index < -0.39 is 0 Å². The number of likely N-dealkylation sites (tertiary alicyclic amines) is 1. The number of hydrogen-bond donors (Lipinski definition) is 0. The van der Waals surface area contributed by atoms with E-state index >= 15 is 0 Å². The van der Waals surface area contributed by atoms with E-state index in [0.717, 1.165) is 69.2 Å². The Bertz CT molecular complexity index is 963. The first-order chi connectivity index (χ1) is 16.0. The first-order valence-electron chi connectivity index (χ1n) is 12.2. The highest BCUT2D eigenvalue weighted by Gasteiger charge is 2.32. The van der Waals surface area contributed by atoms with Crippen LogP contribution in [0.1, 0.15) is 26.7 Å². The van der Waals surface area contributed by atoms with Crippen molar-refractivity contribution in [2.45, 2.75) is 44.9 Å². The summed E-state index contributed by atoms with van der Waals surface area (Å²) in [4.78, 5) is 31.2. The van der Waals surface area contributed by atoms with Crippen molar-refractivity contribution in [2.24, 2.45) is 7.05 Å². The molecule has 10 heteroatoms. The highest BCUT2D eigenvalue weighted by atomic mass is 16.5. The Balaban J connectivity index is 1.15. The molecule has 3 atom stereocenters. The smallest absolute Gasteiger partial charge is 0.236 e. The van der Waals surface area contributed by atoms with E-state index in [1.54, 1.807) is 11.0 Å². The molecule has 1 amide bonds. The van der Waals surface area contributed by atoms with Gasteiger partial charge in [-0.1, -0.05) is 0 Å². The molecule has 0 N–H and O–H groups in total. The van der Waals surface area contributed by atoms with Crippen molar-refractivity contribution >= 4 is 22.8 Å². The molecule has 180 valence electrons. The van der Waals surface area contributed by atoms with E-state index in [-0.39, 0.29) is 18.1 Å². The van der Waals surface area contributed by atoms with Crippen molar-refractivity contribution in [3.05, 3.63) is 12.5 Å². The Kier molecular flexibility index (Phi) is 6.49. The number of piperazine rings is 1. The molecule has 3 unspecified atom stereocenters. The van der Waals surface area contributed by atoms with Gasteiger partial charge in [-0.3, -0.25) is 19.3 Å². The van der Waals surface area contributed by atoms with Gasteiger partial charge in [0.2, 0.25) is 5.91 Å². The summed E-state index contributed by atoms with van der Waals surface area (Å²) < 4.78 is 7.65. The van der Waals surface area contributed by atoms with E-state index in [1.807, 2.05) is 18.1 Å². The molecule has 5 heterocycles. The number of hydrogen-bond acceptors (Lipinski definition) is 8. The number of amides is 1. The van der Waals surface area contributed by atoms with Crippen LogP contribution in [0.25, 0.3) is 11.0 Å². The normalized spacial score (nSPS) is 27.5. The molecule has 0 radical (unpaired) electrons. The van der Waals surface area contributed by atoms with Crippen molar-refractivity contribution in [3.63, 3.8) is 0 Å². The molecular weight excluding hydrogens is 420 g/mol. The maximum atomic E-state index is 13.1. The quantitative estimate of drug-likeness (QED) is 0.647. The van der Waals surface area contributed by atoms with Gasteiger partial charge in [-0.05, 0) is 33.2 Å². The van der Waals surface area contributed by atoms with E-state index in [4.69, 9.17) is 4.74 Å². The summed E-state index contributed by atoms with van der Waals surface area (Å²) in [6.07, 6.45) is 6.34. The summed E-state index contributed by atoms with van der Waals surface area (Å²) in [6, 6.07) is 0.465. The van der Waals surface area contributed by atoms with Gasteiger partial charge in [0, 0.05) is 58.9 Å². The van der Waals surface area contributed by atoms with E-state index in [1.165, 1.54) is 12.8 Å². The number of fused-ring (bicyclic) bond motifs is 1. The van der Waals surface area contributed by atoms with Gasteiger partial charge < -0.3 is 14.5 Å². The Morgan fingerprint density at radius 3 is 2.61 bits per heavy atom. The number of rotatable bonds is 5. The topological polar surface area (TPSA) is 82.9 Å².